The molecule has 5 rings (SSSR count). The third-order valence-corrected chi connectivity index (χ3v) is 5.07. The molecule has 0 N–H and O–H groups in total. The lowest BCUT2D eigenvalue weighted by molar-refractivity contribution is 0.0962. The lowest BCUT2D eigenvalue weighted by atomic mass is 9.82. The molecule has 0 saturated carbocycles. The second-order valence-electron chi connectivity index (χ2n) is 6.95. The molecule has 0 spiro atoms. The van der Waals surface area contributed by atoms with Gasteiger partial charge in [-0.05, 0) is 37.0 Å². The molecule has 0 saturated heterocycles. The second kappa shape index (κ2) is 6.09. The van der Waals surface area contributed by atoms with E-state index < -0.39 is 0 Å². The summed E-state index contributed by atoms with van der Waals surface area (Å²) in [5.74, 6) is 1.32. The molecule has 3 heterocycles. The van der Waals surface area contributed by atoms with Gasteiger partial charge in [0.25, 0.3) is 5.78 Å². The Kier molecular flexibility index (Phi) is 3.57. The van der Waals surface area contributed by atoms with E-state index in [2.05, 4.69) is 45.2 Å². The average molecular weight is 355 g/mol. The first-order valence-corrected chi connectivity index (χ1v) is 8.94. The Bertz CT molecular complexity index is 1170. The van der Waals surface area contributed by atoms with Crippen molar-refractivity contribution in [2.75, 3.05) is 0 Å². The Morgan fingerprint density at radius 1 is 1.11 bits per heavy atom. The number of carbonyl (C=O) groups excluding carboxylic acids is 1. The van der Waals surface area contributed by atoms with E-state index >= 15 is 0 Å². The van der Waals surface area contributed by atoms with Gasteiger partial charge in [-0.2, -0.15) is 9.50 Å². The minimum atomic E-state index is 0.107. The first-order valence-electron chi connectivity index (χ1n) is 8.94. The van der Waals surface area contributed by atoms with Crippen molar-refractivity contribution in [1.29, 1.82) is 0 Å². The molecule has 0 aliphatic heterocycles. The number of carbonyl (C=O) groups is 1. The largest absolute Gasteiger partial charge is 0.294 e. The number of Topliss-reactive ketones (excluding diaryl/α,β-unsaturated/α-hetero) is 1. The predicted octanol–water partition coefficient (Wildman–Crippen LogP) is 3.41. The van der Waals surface area contributed by atoms with E-state index in [9.17, 15) is 4.79 Å². The zero-order valence-corrected chi connectivity index (χ0v) is 14.8. The maximum Gasteiger partial charge on any atom is 0.252 e. The third-order valence-electron chi connectivity index (χ3n) is 5.07. The molecule has 1 aliphatic carbocycles. The van der Waals surface area contributed by atoms with Crippen molar-refractivity contribution in [3.8, 4) is 11.4 Å². The zero-order chi connectivity index (χ0) is 18.4. The smallest absolute Gasteiger partial charge is 0.252 e. The van der Waals surface area contributed by atoms with E-state index in [0.717, 1.165) is 17.7 Å². The van der Waals surface area contributed by atoms with Gasteiger partial charge in [-0.1, -0.05) is 29.8 Å². The summed E-state index contributed by atoms with van der Waals surface area (Å²) >= 11 is 0. The van der Waals surface area contributed by atoms with Crippen LogP contribution in [0.1, 0.15) is 39.5 Å². The number of nitrogens with zero attached hydrogens (tertiary/aromatic N) is 5. The van der Waals surface area contributed by atoms with Crippen molar-refractivity contribution < 1.29 is 4.79 Å². The second-order valence-corrected chi connectivity index (χ2v) is 6.95. The summed E-state index contributed by atoms with van der Waals surface area (Å²) in [6.45, 7) is 2.07. The number of hydrogen-bond donors (Lipinski definition) is 0. The summed E-state index contributed by atoms with van der Waals surface area (Å²) in [6, 6.07) is 12.1. The Balaban J connectivity index is 1.62. The Morgan fingerprint density at radius 2 is 2.04 bits per heavy atom. The molecule has 6 nitrogen and oxygen atoms in total. The number of aromatic nitrogens is 5. The fourth-order valence-corrected chi connectivity index (χ4v) is 3.73. The van der Waals surface area contributed by atoms with Gasteiger partial charge < -0.3 is 0 Å². The fraction of sp³-hybridized carbons (Fsp3) is 0.190. The van der Waals surface area contributed by atoms with Crippen LogP contribution in [0.2, 0.25) is 0 Å². The first-order chi connectivity index (χ1) is 13.2. The zero-order valence-electron chi connectivity index (χ0n) is 14.8. The number of fused-ring (bicyclic) bond motifs is 3. The van der Waals surface area contributed by atoms with Gasteiger partial charge in [0, 0.05) is 30.6 Å². The maximum atomic E-state index is 12.8. The highest BCUT2D eigenvalue weighted by atomic mass is 16.1. The van der Waals surface area contributed by atoms with Crippen molar-refractivity contribution in [2.24, 2.45) is 0 Å². The van der Waals surface area contributed by atoms with Crippen LogP contribution in [0.4, 0.5) is 0 Å². The molecule has 27 heavy (non-hydrogen) atoms. The van der Waals surface area contributed by atoms with Crippen molar-refractivity contribution in [3.05, 3.63) is 77.4 Å². The van der Waals surface area contributed by atoms with Crippen molar-refractivity contribution in [1.82, 2.24) is 24.6 Å². The number of pyridine rings is 1. The van der Waals surface area contributed by atoms with Gasteiger partial charge in [-0.15, -0.1) is 5.10 Å². The number of aryl methyl sites for hydroxylation is 1. The number of ketones is 1. The minimum absolute atomic E-state index is 0.107. The molecule has 1 unspecified atom stereocenters. The van der Waals surface area contributed by atoms with Gasteiger partial charge in [0.2, 0.25) is 0 Å². The summed E-state index contributed by atoms with van der Waals surface area (Å²) in [5.41, 5.74) is 4.74. The van der Waals surface area contributed by atoms with Gasteiger partial charge in [-0.3, -0.25) is 9.78 Å². The van der Waals surface area contributed by atoms with Crippen LogP contribution in [-0.4, -0.2) is 30.3 Å². The summed E-state index contributed by atoms with van der Waals surface area (Å²) in [6.07, 6.45) is 6.31. The third kappa shape index (κ3) is 2.70. The summed E-state index contributed by atoms with van der Waals surface area (Å²) in [4.78, 5) is 25.8. The average Bonchev–Trinajstić information content (AvgIpc) is 3.13. The van der Waals surface area contributed by atoms with Crippen molar-refractivity contribution in [3.63, 3.8) is 0 Å². The predicted molar refractivity (Wildman–Crippen MR) is 101 cm³/mol. The van der Waals surface area contributed by atoms with E-state index in [-0.39, 0.29) is 11.7 Å². The highest BCUT2D eigenvalue weighted by Crippen LogP contribution is 2.33. The topological polar surface area (TPSA) is 73.0 Å². The van der Waals surface area contributed by atoms with Crippen LogP contribution in [0.3, 0.4) is 0 Å². The lowest BCUT2D eigenvalue weighted by Gasteiger charge is -2.24. The summed E-state index contributed by atoms with van der Waals surface area (Å²) in [7, 11) is 0. The number of benzene rings is 1. The first kappa shape index (κ1) is 15.8. The highest BCUT2D eigenvalue weighted by Gasteiger charge is 2.29. The van der Waals surface area contributed by atoms with E-state index in [1.54, 1.807) is 23.1 Å². The summed E-state index contributed by atoms with van der Waals surface area (Å²) < 4.78 is 1.72. The Hall–Kier alpha value is -3.41. The fourth-order valence-electron chi connectivity index (χ4n) is 3.73. The van der Waals surface area contributed by atoms with Crippen LogP contribution in [0.5, 0.6) is 0 Å². The standard InChI is InChI=1S/C21H17N5O/c1-13-4-2-5-14(8-13)16-9-18-17(19(27)10-16)12-23-21-24-20(25-26(18)21)15-6-3-7-22-11-15/h2-8,11-12,16H,9-10H2,1H3. The van der Waals surface area contributed by atoms with Gasteiger partial charge in [-0.25, -0.2) is 4.98 Å². The normalized spacial score (nSPS) is 16.5. The van der Waals surface area contributed by atoms with Crippen LogP contribution in [-0.2, 0) is 6.42 Å². The molecule has 1 aromatic carbocycles. The molecule has 4 aromatic rings. The molecule has 6 heteroatoms. The molecule has 3 aromatic heterocycles. The number of rotatable bonds is 2. The quantitative estimate of drug-likeness (QED) is 0.551. The molecule has 0 amide bonds. The van der Waals surface area contributed by atoms with Gasteiger partial charge in [0.1, 0.15) is 0 Å². The summed E-state index contributed by atoms with van der Waals surface area (Å²) in [5, 5.41) is 4.63. The molecular formula is C21H17N5O. The lowest BCUT2D eigenvalue weighted by Crippen LogP contribution is -2.22. The van der Waals surface area contributed by atoms with Crippen LogP contribution < -0.4 is 0 Å². The molecule has 0 fully saturated rings. The Morgan fingerprint density at radius 3 is 2.85 bits per heavy atom. The SMILES string of the molecule is Cc1cccc(C2CC(=O)c3cnc4nc(-c5cccnc5)nn4c3C2)c1. The molecular weight excluding hydrogens is 338 g/mol. The van der Waals surface area contributed by atoms with Gasteiger partial charge >= 0.3 is 0 Å². The van der Waals surface area contributed by atoms with Crippen LogP contribution in [0.15, 0.2) is 55.0 Å². The monoisotopic (exact) mass is 355 g/mol. The molecule has 1 atom stereocenters. The van der Waals surface area contributed by atoms with Gasteiger partial charge in [0.15, 0.2) is 11.6 Å². The number of hydrogen-bond acceptors (Lipinski definition) is 5. The molecule has 1 aliphatic rings. The van der Waals surface area contributed by atoms with Crippen molar-refractivity contribution >= 4 is 11.6 Å². The van der Waals surface area contributed by atoms with Crippen LogP contribution >= 0.6 is 0 Å². The molecule has 0 bridgehead atoms. The Labute approximate surface area is 155 Å². The minimum Gasteiger partial charge on any atom is -0.294 e. The maximum absolute atomic E-state index is 12.8. The highest BCUT2D eigenvalue weighted by molar-refractivity contribution is 5.98. The van der Waals surface area contributed by atoms with Crippen LogP contribution in [0, 0.1) is 6.92 Å². The van der Waals surface area contributed by atoms with Crippen molar-refractivity contribution in [2.45, 2.75) is 25.7 Å². The van der Waals surface area contributed by atoms with Gasteiger partial charge in [0.05, 0.1) is 11.3 Å². The van der Waals surface area contributed by atoms with E-state index in [1.165, 1.54) is 11.1 Å². The molecule has 0 radical (unpaired) electrons. The van der Waals surface area contributed by atoms with E-state index in [4.69, 9.17) is 0 Å². The van der Waals surface area contributed by atoms with Crippen LogP contribution in [0.25, 0.3) is 17.2 Å². The molecule has 132 valence electrons. The van der Waals surface area contributed by atoms with E-state index in [1.807, 2.05) is 18.2 Å². The van der Waals surface area contributed by atoms with E-state index in [0.29, 0.717) is 23.6 Å².